The number of rotatable bonds is 7. The summed E-state index contributed by atoms with van der Waals surface area (Å²) in [7, 11) is -2.80. The molecule has 0 aromatic heterocycles. The molecule has 3 aromatic carbocycles. The third-order valence-corrected chi connectivity index (χ3v) is 7.88. The number of likely N-dealkylation sites (tertiary alicyclic amines) is 1. The van der Waals surface area contributed by atoms with Crippen LogP contribution in [0.2, 0.25) is 0 Å². The third kappa shape index (κ3) is 5.56. The van der Waals surface area contributed by atoms with Crippen LogP contribution < -0.4 is 4.72 Å². The number of hydrogen-bond donors (Lipinski definition) is 1. The molecule has 2 atom stereocenters. The molecule has 3 aromatic rings. The summed E-state index contributed by atoms with van der Waals surface area (Å²) in [5.41, 5.74) is 1.14. The van der Waals surface area contributed by atoms with Gasteiger partial charge in [-0.15, -0.1) is 0 Å². The summed E-state index contributed by atoms with van der Waals surface area (Å²) in [4.78, 5) is 27.6. The fourth-order valence-corrected chi connectivity index (χ4v) is 5.72. The fraction of sp³-hybridized carbons (Fsp3) is 0.296. The first-order valence-corrected chi connectivity index (χ1v) is 13.2. The lowest BCUT2D eigenvalue weighted by Gasteiger charge is -2.36. The van der Waals surface area contributed by atoms with Crippen LogP contribution in [0, 0.1) is 11.3 Å². The van der Waals surface area contributed by atoms with E-state index in [1.807, 2.05) is 30.3 Å². The maximum atomic E-state index is 13.7. The first kappa shape index (κ1) is 25.4. The average Bonchev–Trinajstić information content (AvgIpc) is 2.91. The molecule has 1 amide bonds. The van der Waals surface area contributed by atoms with Crippen molar-refractivity contribution in [3.63, 3.8) is 0 Å². The zero-order chi connectivity index (χ0) is 25.7. The largest absolute Gasteiger partial charge is 0.467 e. The van der Waals surface area contributed by atoms with Crippen molar-refractivity contribution in [2.45, 2.75) is 42.7 Å². The molecule has 1 fully saturated rings. The molecule has 1 aliphatic heterocycles. The van der Waals surface area contributed by atoms with Gasteiger partial charge in [-0.2, -0.15) is 9.98 Å². The molecule has 9 heteroatoms. The Balaban J connectivity index is 1.67. The molecule has 0 aliphatic carbocycles. The summed E-state index contributed by atoms with van der Waals surface area (Å²) in [6.45, 7) is 0.334. The molecule has 186 valence electrons. The number of piperidine rings is 1. The van der Waals surface area contributed by atoms with Crippen LogP contribution in [0.4, 0.5) is 0 Å². The Kier molecular flexibility index (Phi) is 7.67. The Hall–Kier alpha value is -3.74. The second-order valence-electron chi connectivity index (χ2n) is 8.76. The molecular formula is C27H27N3O5S. The highest BCUT2D eigenvalue weighted by Gasteiger charge is 2.37. The van der Waals surface area contributed by atoms with Crippen molar-refractivity contribution < 1.29 is 22.7 Å². The number of methoxy groups -OCH3 is 1. The Morgan fingerprint density at radius 2 is 1.81 bits per heavy atom. The molecule has 8 nitrogen and oxygen atoms in total. The highest BCUT2D eigenvalue weighted by atomic mass is 32.2. The van der Waals surface area contributed by atoms with Crippen molar-refractivity contribution in [2.24, 2.45) is 0 Å². The minimum atomic E-state index is -4.08. The Bertz CT molecular complexity index is 1410. The number of fused-ring (bicyclic) bond motifs is 1. The van der Waals surface area contributed by atoms with Crippen LogP contribution in [-0.4, -0.2) is 50.9 Å². The van der Waals surface area contributed by atoms with Gasteiger partial charge in [-0.25, -0.2) is 13.2 Å². The molecule has 1 saturated heterocycles. The Morgan fingerprint density at radius 1 is 1.08 bits per heavy atom. The van der Waals surface area contributed by atoms with Gasteiger partial charge < -0.3 is 9.64 Å². The number of hydrogen-bond acceptors (Lipinski definition) is 6. The van der Waals surface area contributed by atoms with E-state index in [-0.39, 0.29) is 11.3 Å². The molecule has 36 heavy (non-hydrogen) atoms. The number of nitriles is 1. The number of ether oxygens (including phenoxy) is 1. The van der Waals surface area contributed by atoms with E-state index in [2.05, 4.69) is 4.72 Å². The average molecular weight is 506 g/mol. The van der Waals surface area contributed by atoms with Crippen molar-refractivity contribution >= 4 is 32.7 Å². The second kappa shape index (κ2) is 10.9. The van der Waals surface area contributed by atoms with E-state index in [0.29, 0.717) is 30.5 Å². The number of amides is 1. The molecule has 0 spiro atoms. The van der Waals surface area contributed by atoms with Crippen LogP contribution in [0.15, 0.2) is 71.6 Å². The molecule has 1 N–H and O–H groups in total. The number of carbonyl (C=O) groups excluding carboxylic acids is 2. The van der Waals surface area contributed by atoms with Gasteiger partial charge in [0.15, 0.2) is 0 Å². The second-order valence-corrected chi connectivity index (χ2v) is 10.5. The van der Waals surface area contributed by atoms with Crippen LogP contribution in [0.3, 0.4) is 0 Å². The van der Waals surface area contributed by atoms with Gasteiger partial charge in [0.25, 0.3) is 0 Å². The Labute approximate surface area is 210 Å². The van der Waals surface area contributed by atoms with Crippen molar-refractivity contribution in [3.8, 4) is 6.07 Å². The lowest BCUT2D eigenvalue weighted by molar-refractivity contribution is -0.155. The van der Waals surface area contributed by atoms with Crippen molar-refractivity contribution in [1.29, 1.82) is 5.26 Å². The standard InChI is InChI=1S/C27H27N3O5S/c1-35-27(32)25-8-4-5-15-30(25)26(31)24(16-19-9-11-20(18-28)12-10-19)29-36(33,34)23-14-13-21-6-2-3-7-22(21)17-23/h2-3,6-7,9-14,17,24-25,29H,4-5,8,15-16H2,1H3/t24-,25+/m0/s1. The zero-order valence-corrected chi connectivity index (χ0v) is 20.7. The molecule has 1 heterocycles. The summed E-state index contributed by atoms with van der Waals surface area (Å²) in [6.07, 6.45) is 1.99. The van der Waals surface area contributed by atoms with Gasteiger partial charge >= 0.3 is 5.97 Å². The van der Waals surface area contributed by atoms with E-state index in [1.165, 1.54) is 18.1 Å². The van der Waals surface area contributed by atoms with E-state index < -0.39 is 34.0 Å². The van der Waals surface area contributed by atoms with E-state index in [9.17, 15) is 18.0 Å². The highest BCUT2D eigenvalue weighted by molar-refractivity contribution is 7.89. The van der Waals surface area contributed by atoms with Crippen molar-refractivity contribution in [2.75, 3.05) is 13.7 Å². The molecule has 0 radical (unpaired) electrons. The SMILES string of the molecule is COC(=O)[C@H]1CCCCN1C(=O)[C@H](Cc1ccc(C#N)cc1)NS(=O)(=O)c1ccc2ccccc2c1. The number of nitrogens with zero attached hydrogens (tertiary/aromatic N) is 2. The molecule has 0 unspecified atom stereocenters. The normalized spacial score (nSPS) is 16.8. The third-order valence-electron chi connectivity index (χ3n) is 6.41. The van der Waals surface area contributed by atoms with Crippen LogP contribution >= 0.6 is 0 Å². The van der Waals surface area contributed by atoms with Gasteiger partial charge in [0, 0.05) is 6.54 Å². The van der Waals surface area contributed by atoms with Gasteiger partial charge in [0.2, 0.25) is 15.9 Å². The smallest absolute Gasteiger partial charge is 0.328 e. The van der Waals surface area contributed by atoms with Gasteiger partial charge in [-0.3, -0.25) is 4.79 Å². The predicted molar refractivity (Wildman–Crippen MR) is 134 cm³/mol. The maximum absolute atomic E-state index is 13.7. The fourth-order valence-electron chi connectivity index (χ4n) is 4.50. The lowest BCUT2D eigenvalue weighted by Crippen LogP contribution is -2.56. The molecule has 1 aliphatic rings. The summed E-state index contributed by atoms with van der Waals surface area (Å²) in [6, 6.07) is 19.0. The molecule has 0 saturated carbocycles. The van der Waals surface area contributed by atoms with Crippen LogP contribution in [0.25, 0.3) is 10.8 Å². The molecule has 0 bridgehead atoms. The monoisotopic (exact) mass is 505 g/mol. The lowest BCUT2D eigenvalue weighted by atomic mass is 9.99. The van der Waals surface area contributed by atoms with Gasteiger partial charge in [-0.05, 0) is 66.3 Å². The first-order chi connectivity index (χ1) is 17.3. The van der Waals surface area contributed by atoms with Gasteiger partial charge in [0.1, 0.15) is 12.1 Å². The predicted octanol–water partition coefficient (Wildman–Crippen LogP) is 3.16. The summed E-state index contributed by atoms with van der Waals surface area (Å²) in [5.74, 6) is -1.00. The van der Waals surface area contributed by atoms with Gasteiger partial charge in [-0.1, -0.05) is 42.5 Å². The number of carbonyl (C=O) groups is 2. The van der Waals surface area contributed by atoms with E-state index in [0.717, 1.165) is 17.2 Å². The number of esters is 1. The number of benzene rings is 3. The highest BCUT2D eigenvalue weighted by Crippen LogP contribution is 2.23. The van der Waals surface area contributed by atoms with Crippen LogP contribution in [-0.2, 0) is 30.8 Å². The zero-order valence-electron chi connectivity index (χ0n) is 19.9. The molecular weight excluding hydrogens is 478 g/mol. The topological polar surface area (TPSA) is 117 Å². The maximum Gasteiger partial charge on any atom is 0.328 e. The molecule has 4 rings (SSSR count). The van der Waals surface area contributed by atoms with Gasteiger partial charge in [0.05, 0.1) is 23.6 Å². The minimum Gasteiger partial charge on any atom is -0.467 e. The van der Waals surface area contributed by atoms with Crippen molar-refractivity contribution in [3.05, 3.63) is 77.9 Å². The summed E-state index contributed by atoms with van der Waals surface area (Å²) >= 11 is 0. The van der Waals surface area contributed by atoms with Crippen molar-refractivity contribution in [1.82, 2.24) is 9.62 Å². The Morgan fingerprint density at radius 3 is 2.50 bits per heavy atom. The number of sulfonamides is 1. The van der Waals surface area contributed by atoms with E-state index >= 15 is 0 Å². The van der Waals surface area contributed by atoms with Crippen LogP contribution in [0.1, 0.15) is 30.4 Å². The summed E-state index contributed by atoms with van der Waals surface area (Å²) in [5, 5.41) is 10.7. The quantitative estimate of drug-likeness (QED) is 0.493. The minimum absolute atomic E-state index is 0.0435. The summed E-state index contributed by atoms with van der Waals surface area (Å²) < 4.78 is 34.3. The first-order valence-electron chi connectivity index (χ1n) is 11.7. The van der Waals surface area contributed by atoms with Crippen LogP contribution in [0.5, 0.6) is 0 Å². The van der Waals surface area contributed by atoms with E-state index in [4.69, 9.17) is 10.00 Å². The van der Waals surface area contributed by atoms with E-state index in [1.54, 1.807) is 36.4 Å². The number of nitrogens with one attached hydrogen (secondary N) is 1.